The third kappa shape index (κ3) is 2.81. The average molecular weight is 243 g/mol. The Balaban J connectivity index is 2.21. The van der Waals surface area contributed by atoms with Crippen molar-refractivity contribution in [1.82, 2.24) is 0 Å². The average Bonchev–Trinajstić information content (AvgIpc) is 2.46. The van der Waals surface area contributed by atoms with Crippen LogP contribution in [0.3, 0.4) is 0 Å². The van der Waals surface area contributed by atoms with Gasteiger partial charge in [0.25, 0.3) is 0 Å². The Labute approximate surface area is 107 Å². The Hall–Kier alpha value is -2.00. The lowest BCUT2D eigenvalue weighted by Gasteiger charge is -2.19. The topological polar surface area (TPSA) is 41.5 Å². The molecular formula is C15H17NO2. The number of ether oxygens (including phenoxy) is 1. The quantitative estimate of drug-likeness (QED) is 0.848. The summed E-state index contributed by atoms with van der Waals surface area (Å²) in [6.45, 7) is 0.0298. The maximum atomic E-state index is 9.50. The standard InChI is InChI=1S/C15H17NO2/c1-18-15-10-6-5-9-13(15)16-14(11-17)12-7-3-2-4-8-12/h2-10,14,16-17H,11H2,1H3. The molecule has 0 spiro atoms. The van der Waals surface area contributed by atoms with Crippen LogP contribution in [0.4, 0.5) is 5.69 Å². The Morgan fingerprint density at radius 2 is 1.72 bits per heavy atom. The Morgan fingerprint density at radius 3 is 2.39 bits per heavy atom. The summed E-state index contributed by atoms with van der Waals surface area (Å²) in [5.41, 5.74) is 1.92. The number of aliphatic hydroxyl groups is 1. The molecule has 0 heterocycles. The molecule has 94 valence electrons. The number of rotatable bonds is 5. The number of hydrogen-bond donors (Lipinski definition) is 2. The number of para-hydroxylation sites is 2. The Kier molecular flexibility index (Phi) is 4.20. The van der Waals surface area contributed by atoms with E-state index < -0.39 is 0 Å². The van der Waals surface area contributed by atoms with Gasteiger partial charge < -0.3 is 15.2 Å². The van der Waals surface area contributed by atoms with Gasteiger partial charge in [-0.25, -0.2) is 0 Å². The molecule has 1 atom stereocenters. The van der Waals surface area contributed by atoms with Crippen LogP contribution >= 0.6 is 0 Å². The van der Waals surface area contributed by atoms with E-state index in [1.54, 1.807) is 7.11 Å². The zero-order valence-electron chi connectivity index (χ0n) is 10.3. The number of aliphatic hydroxyl groups excluding tert-OH is 1. The summed E-state index contributed by atoms with van der Waals surface area (Å²) in [4.78, 5) is 0. The molecule has 0 aliphatic rings. The van der Waals surface area contributed by atoms with E-state index in [0.29, 0.717) is 0 Å². The van der Waals surface area contributed by atoms with Crippen LogP contribution < -0.4 is 10.1 Å². The molecular weight excluding hydrogens is 226 g/mol. The first-order chi connectivity index (χ1) is 8.85. The third-order valence-corrected chi connectivity index (χ3v) is 2.82. The van der Waals surface area contributed by atoms with E-state index in [1.165, 1.54) is 0 Å². The van der Waals surface area contributed by atoms with Gasteiger partial charge in [0.2, 0.25) is 0 Å². The molecule has 0 fully saturated rings. The first kappa shape index (κ1) is 12.5. The predicted octanol–water partition coefficient (Wildman–Crippen LogP) is 2.84. The van der Waals surface area contributed by atoms with Crippen molar-refractivity contribution < 1.29 is 9.84 Å². The van der Waals surface area contributed by atoms with E-state index in [2.05, 4.69) is 5.32 Å². The van der Waals surface area contributed by atoms with Gasteiger partial charge in [-0.2, -0.15) is 0 Å². The van der Waals surface area contributed by atoms with Crippen molar-refractivity contribution >= 4 is 5.69 Å². The van der Waals surface area contributed by atoms with Crippen molar-refractivity contribution in [2.24, 2.45) is 0 Å². The molecule has 18 heavy (non-hydrogen) atoms. The minimum absolute atomic E-state index is 0.0298. The molecule has 2 N–H and O–H groups in total. The molecule has 2 rings (SSSR count). The smallest absolute Gasteiger partial charge is 0.141 e. The van der Waals surface area contributed by atoms with Crippen LogP contribution in [0.1, 0.15) is 11.6 Å². The van der Waals surface area contributed by atoms with Gasteiger partial charge >= 0.3 is 0 Å². The molecule has 0 bridgehead atoms. The second-order valence-corrected chi connectivity index (χ2v) is 3.99. The van der Waals surface area contributed by atoms with Crippen LogP contribution in [0, 0.1) is 0 Å². The van der Waals surface area contributed by atoms with Gasteiger partial charge in [0.05, 0.1) is 25.4 Å². The van der Waals surface area contributed by atoms with Crippen molar-refractivity contribution in [3.63, 3.8) is 0 Å². The number of methoxy groups -OCH3 is 1. The van der Waals surface area contributed by atoms with Gasteiger partial charge in [-0.3, -0.25) is 0 Å². The van der Waals surface area contributed by atoms with Gasteiger partial charge in [-0.15, -0.1) is 0 Å². The normalized spacial score (nSPS) is 11.9. The fraction of sp³-hybridized carbons (Fsp3) is 0.200. The molecule has 0 saturated heterocycles. The van der Waals surface area contributed by atoms with E-state index in [0.717, 1.165) is 17.0 Å². The van der Waals surface area contributed by atoms with Crippen LogP contribution in [-0.4, -0.2) is 18.8 Å². The van der Waals surface area contributed by atoms with Crippen LogP contribution in [0.5, 0.6) is 5.75 Å². The molecule has 3 nitrogen and oxygen atoms in total. The summed E-state index contributed by atoms with van der Waals surface area (Å²) in [6, 6.07) is 17.4. The monoisotopic (exact) mass is 243 g/mol. The van der Waals surface area contributed by atoms with Crippen molar-refractivity contribution in [2.45, 2.75) is 6.04 Å². The minimum Gasteiger partial charge on any atom is -0.495 e. The third-order valence-electron chi connectivity index (χ3n) is 2.82. The number of nitrogens with one attached hydrogen (secondary N) is 1. The number of benzene rings is 2. The molecule has 0 amide bonds. The van der Waals surface area contributed by atoms with Crippen molar-refractivity contribution in [3.8, 4) is 5.75 Å². The van der Waals surface area contributed by atoms with Gasteiger partial charge in [-0.1, -0.05) is 42.5 Å². The van der Waals surface area contributed by atoms with E-state index in [9.17, 15) is 5.11 Å². The molecule has 0 radical (unpaired) electrons. The highest BCUT2D eigenvalue weighted by molar-refractivity contribution is 5.57. The summed E-state index contributed by atoms with van der Waals surface area (Å²) in [6.07, 6.45) is 0. The zero-order chi connectivity index (χ0) is 12.8. The van der Waals surface area contributed by atoms with Gasteiger partial charge in [0.1, 0.15) is 5.75 Å². The van der Waals surface area contributed by atoms with Crippen LogP contribution in [0.15, 0.2) is 54.6 Å². The van der Waals surface area contributed by atoms with Crippen molar-refractivity contribution in [3.05, 3.63) is 60.2 Å². The highest BCUT2D eigenvalue weighted by Gasteiger charge is 2.11. The molecule has 2 aromatic rings. The fourth-order valence-electron chi connectivity index (χ4n) is 1.87. The highest BCUT2D eigenvalue weighted by Crippen LogP contribution is 2.27. The SMILES string of the molecule is COc1ccccc1NC(CO)c1ccccc1. The first-order valence-electron chi connectivity index (χ1n) is 5.90. The number of hydrogen-bond acceptors (Lipinski definition) is 3. The Morgan fingerprint density at radius 1 is 1.06 bits per heavy atom. The van der Waals surface area contributed by atoms with Crippen LogP contribution in [0.25, 0.3) is 0 Å². The summed E-state index contributed by atoms with van der Waals surface area (Å²) in [7, 11) is 1.64. The lowest BCUT2D eigenvalue weighted by molar-refractivity contribution is 0.276. The van der Waals surface area contributed by atoms with E-state index in [4.69, 9.17) is 4.74 Å². The van der Waals surface area contributed by atoms with Crippen LogP contribution in [-0.2, 0) is 0 Å². The summed E-state index contributed by atoms with van der Waals surface area (Å²) >= 11 is 0. The lowest BCUT2D eigenvalue weighted by Crippen LogP contribution is -2.15. The summed E-state index contributed by atoms with van der Waals surface area (Å²) in [5.74, 6) is 0.770. The van der Waals surface area contributed by atoms with E-state index in [-0.39, 0.29) is 12.6 Å². The van der Waals surface area contributed by atoms with Gasteiger partial charge in [0, 0.05) is 0 Å². The summed E-state index contributed by atoms with van der Waals surface area (Å²) < 4.78 is 5.28. The summed E-state index contributed by atoms with van der Waals surface area (Å²) in [5, 5.41) is 12.8. The molecule has 0 aliphatic carbocycles. The van der Waals surface area contributed by atoms with E-state index >= 15 is 0 Å². The first-order valence-corrected chi connectivity index (χ1v) is 5.90. The maximum Gasteiger partial charge on any atom is 0.141 e. The second kappa shape index (κ2) is 6.07. The van der Waals surface area contributed by atoms with Crippen LogP contribution in [0.2, 0.25) is 0 Å². The Bertz CT molecular complexity index is 485. The minimum atomic E-state index is -0.137. The largest absolute Gasteiger partial charge is 0.495 e. The van der Waals surface area contributed by atoms with Gasteiger partial charge in [0.15, 0.2) is 0 Å². The molecule has 0 aromatic heterocycles. The molecule has 0 saturated carbocycles. The predicted molar refractivity (Wildman–Crippen MR) is 72.9 cm³/mol. The second-order valence-electron chi connectivity index (χ2n) is 3.99. The van der Waals surface area contributed by atoms with Gasteiger partial charge in [-0.05, 0) is 17.7 Å². The highest BCUT2D eigenvalue weighted by atomic mass is 16.5. The molecule has 1 unspecified atom stereocenters. The lowest BCUT2D eigenvalue weighted by atomic mass is 10.1. The van der Waals surface area contributed by atoms with Crippen molar-refractivity contribution in [2.75, 3.05) is 19.0 Å². The van der Waals surface area contributed by atoms with Crippen molar-refractivity contribution in [1.29, 1.82) is 0 Å². The molecule has 3 heteroatoms. The number of anilines is 1. The maximum absolute atomic E-state index is 9.50. The van der Waals surface area contributed by atoms with E-state index in [1.807, 2.05) is 54.6 Å². The molecule has 0 aliphatic heterocycles. The molecule has 2 aromatic carbocycles. The zero-order valence-corrected chi connectivity index (χ0v) is 10.3. The fourth-order valence-corrected chi connectivity index (χ4v) is 1.87.